The summed E-state index contributed by atoms with van der Waals surface area (Å²) in [5.74, 6) is 0.796. The number of aryl methyl sites for hydroxylation is 3. The Hall–Kier alpha value is -2.51. The molecule has 1 N–H and O–H groups in total. The highest BCUT2D eigenvalue weighted by Gasteiger charge is 2.18. The molecule has 0 unspecified atom stereocenters. The normalized spacial score (nSPS) is 11.6. The lowest BCUT2D eigenvalue weighted by Crippen LogP contribution is -2.24. The van der Waals surface area contributed by atoms with Gasteiger partial charge < -0.3 is 4.52 Å². The molecular formula is C18H19N3O3S. The molecule has 3 aromatic rings. The predicted molar refractivity (Wildman–Crippen MR) is 94.4 cm³/mol. The zero-order chi connectivity index (χ0) is 18.0. The average Bonchev–Trinajstić information content (AvgIpc) is 3.01. The standard InChI is InChI=1S/C18H19N3O3S/c1-12-4-7-15(8-5-12)11-19-25(22,23)17-10-16(9-6-13(17)2)18-20-14(3)24-21-18/h4-10,19H,11H2,1-3H3. The van der Waals surface area contributed by atoms with Crippen molar-refractivity contribution in [3.05, 3.63) is 65.0 Å². The summed E-state index contributed by atoms with van der Waals surface area (Å²) in [5.41, 5.74) is 3.28. The lowest BCUT2D eigenvalue weighted by Gasteiger charge is -2.10. The number of rotatable bonds is 5. The first-order valence-corrected chi connectivity index (χ1v) is 9.30. The minimum absolute atomic E-state index is 0.208. The van der Waals surface area contributed by atoms with Gasteiger partial charge in [-0.25, -0.2) is 13.1 Å². The van der Waals surface area contributed by atoms with E-state index in [4.69, 9.17) is 4.52 Å². The van der Waals surface area contributed by atoms with Crippen LogP contribution in [0.2, 0.25) is 0 Å². The van der Waals surface area contributed by atoms with E-state index < -0.39 is 10.0 Å². The fraction of sp³-hybridized carbons (Fsp3) is 0.222. The van der Waals surface area contributed by atoms with Gasteiger partial charge in [0.25, 0.3) is 0 Å². The number of nitrogens with zero attached hydrogens (tertiary/aromatic N) is 2. The molecule has 2 aromatic carbocycles. The molecule has 0 aliphatic rings. The second-order valence-corrected chi connectivity index (χ2v) is 7.66. The van der Waals surface area contributed by atoms with E-state index in [1.807, 2.05) is 31.2 Å². The maximum atomic E-state index is 12.7. The quantitative estimate of drug-likeness (QED) is 0.758. The van der Waals surface area contributed by atoms with Crippen LogP contribution in [0.1, 0.15) is 22.6 Å². The Balaban J connectivity index is 1.87. The van der Waals surface area contributed by atoms with Crippen LogP contribution in [-0.2, 0) is 16.6 Å². The smallest absolute Gasteiger partial charge is 0.241 e. The third kappa shape index (κ3) is 3.94. The lowest BCUT2D eigenvalue weighted by molar-refractivity contribution is 0.394. The maximum Gasteiger partial charge on any atom is 0.241 e. The highest BCUT2D eigenvalue weighted by molar-refractivity contribution is 7.89. The van der Waals surface area contributed by atoms with E-state index in [9.17, 15) is 8.42 Å². The molecule has 0 spiro atoms. The molecule has 0 saturated carbocycles. The molecule has 0 amide bonds. The minimum atomic E-state index is -3.66. The Kier molecular flexibility index (Phi) is 4.69. The predicted octanol–water partition coefficient (Wildman–Crippen LogP) is 3.14. The summed E-state index contributed by atoms with van der Waals surface area (Å²) in [5, 5.41) is 3.84. The molecule has 1 aromatic heterocycles. The van der Waals surface area contributed by atoms with Crippen molar-refractivity contribution in [3.8, 4) is 11.4 Å². The van der Waals surface area contributed by atoms with Crippen molar-refractivity contribution < 1.29 is 12.9 Å². The third-order valence-electron chi connectivity index (χ3n) is 3.85. The number of sulfonamides is 1. The Morgan fingerprint density at radius 2 is 1.76 bits per heavy atom. The second kappa shape index (κ2) is 6.78. The fourth-order valence-corrected chi connectivity index (χ4v) is 3.69. The summed E-state index contributed by atoms with van der Waals surface area (Å²) < 4.78 is 33.0. The molecule has 1 heterocycles. The van der Waals surface area contributed by atoms with Crippen LogP contribution in [-0.4, -0.2) is 18.6 Å². The highest BCUT2D eigenvalue weighted by atomic mass is 32.2. The van der Waals surface area contributed by atoms with E-state index in [-0.39, 0.29) is 11.4 Å². The van der Waals surface area contributed by atoms with E-state index in [1.165, 1.54) is 0 Å². The first kappa shape index (κ1) is 17.3. The van der Waals surface area contributed by atoms with Gasteiger partial charge >= 0.3 is 0 Å². The molecule has 130 valence electrons. The van der Waals surface area contributed by atoms with E-state index in [1.54, 1.807) is 32.0 Å². The van der Waals surface area contributed by atoms with Gasteiger partial charge in [-0.2, -0.15) is 4.98 Å². The monoisotopic (exact) mass is 357 g/mol. The Bertz CT molecular complexity index is 993. The average molecular weight is 357 g/mol. The van der Waals surface area contributed by atoms with Crippen molar-refractivity contribution in [2.45, 2.75) is 32.2 Å². The van der Waals surface area contributed by atoms with Gasteiger partial charge in [-0.1, -0.05) is 47.1 Å². The molecule has 7 heteroatoms. The van der Waals surface area contributed by atoms with E-state index in [0.29, 0.717) is 22.8 Å². The van der Waals surface area contributed by atoms with Crippen molar-refractivity contribution in [1.29, 1.82) is 0 Å². The molecule has 6 nitrogen and oxygen atoms in total. The molecular weight excluding hydrogens is 338 g/mol. The molecule has 0 aliphatic carbocycles. The van der Waals surface area contributed by atoms with Gasteiger partial charge in [-0.3, -0.25) is 0 Å². The van der Waals surface area contributed by atoms with Crippen molar-refractivity contribution in [3.63, 3.8) is 0 Å². The Labute approximate surface area is 147 Å². The van der Waals surface area contributed by atoms with E-state index >= 15 is 0 Å². The van der Waals surface area contributed by atoms with Crippen LogP contribution in [0.3, 0.4) is 0 Å². The van der Waals surface area contributed by atoms with Gasteiger partial charge in [0.15, 0.2) is 0 Å². The summed E-state index contributed by atoms with van der Waals surface area (Å²) in [7, 11) is -3.66. The molecule has 0 fully saturated rings. The van der Waals surface area contributed by atoms with Gasteiger partial charge in [-0.15, -0.1) is 0 Å². The summed E-state index contributed by atoms with van der Waals surface area (Å²) in [6.45, 7) is 5.66. The topological polar surface area (TPSA) is 85.1 Å². The number of nitrogens with one attached hydrogen (secondary N) is 1. The fourth-order valence-electron chi connectivity index (χ4n) is 2.41. The van der Waals surface area contributed by atoms with Gasteiger partial charge in [0.05, 0.1) is 4.90 Å². The Morgan fingerprint density at radius 1 is 1.04 bits per heavy atom. The summed E-state index contributed by atoms with van der Waals surface area (Å²) in [6.07, 6.45) is 0. The largest absolute Gasteiger partial charge is 0.339 e. The summed E-state index contributed by atoms with van der Waals surface area (Å²) in [6, 6.07) is 12.8. The number of aromatic nitrogens is 2. The molecule has 0 aliphatic heterocycles. The zero-order valence-electron chi connectivity index (χ0n) is 14.3. The van der Waals surface area contributed by atoms with Crippen LogP contribution < -0.4 is 4.72 Å². The molecule has 0 radical (unpaired) electrons. The van der Waals surface area contributed by atoms with Crippen molar-refractivity contribution in [2.75, 3.05) is 0 Å². The minimum Gasteiger partial charge on any atom is -0.339 e. The van der Waals surface area contributed by atoms with Gasteiger partial charge in [0, 0.05) is 19.0 Å². The maximum absolute atomic E-state index is 12.7. The van der Waals surface area contributed by atoms with Crippen LogP contribution in [0.5, 0.6) is 0 Å². The zero-order valence-corrected chi connectivity index (χ0v) is 15.1. The van der Waals surface area contributed by atoms with Crippen LogP contribution in [0.15, 0.2) is 51.9 Å². The number of hydrogen-bond acceptors (Lipinski definition) is 5. The molecule has 0 saturated heterocycles. The summed E-state index contributed by atoms with van der Waals surface area (Å²) >= 11 is 0. The first-order valence-electron chi connectivity index (χ1n) is 7.82. The van der Waals surface area contributed by atoms with E-state index in [0.717, 1.165) is 11.1 Å². The SMILES string of the molecule is Cc1ccc(CNS(=O)(=O)c2cc(-c3noc(C)n3)ccc2C)cc1. The van der Waals surface area contributed by atoms with Crippen LogP contribution >= 0.6 is 0 Å². The van der Waals surface area contributed by atoms with Gasteiger partial charge in [0.2, 0.25) is 21.7 Å². The lowest BCUT2D eigenvalue weighted by atomic mass is 10.1. The van der Waals surface area contributed by atoms with Crippen LogP contribution in [0.4, 0.5) is 0 Å². The molecule has 3 rings (SSSR count). The van der Waals surface area contributed by atoms with E-state index in [2.05, 4.69) is 14.9 Å². The number of benzene rings is 2. The van der Waals surface area contributed by atoms with Crippen LogP contribution in [0.25, 0.3) is 11.4 Å². The van der Waals surface area contributed by atoms with Crippen molar-refractivity contribution in [1.82, 2.24) is 14.9 Å². The van der Waals surface area contributed by atoms with Gasteiger partial charge in [-0.05, 0) is 31.0 Å². The summed E-state index contributed by atoms with van der Waals surface area (Å²) in [4.78, 5) is 4.35. The second-order valence-electron chi connectivity index (χ2n) is 5.93. The Morgan fingerprint density at radius 3 is 2.40 bits per heavy atom. The van der Waals surface area contributed by atoms with Crippen molar-refractivity contribution in [2.24, 2.45) is 0 Å². The van der Waals surface area contributed by atoms with Crippen LogP contribution in [0, 0.1) is 20.8 Å². The molecule has 0 bridgehead atoms. The molecule has 25 heavy (non-hydrogen) atoms. The first-order chi connectivity index (χ1) is 11.8. The number of hydrogen-bond donors (Lipinski definition) is 1. The van der Waals surface area contributed by atoms with Crippen molar-refractivity contribution >= 4 is 10.0 Å². The van der Waals surface area contributed by atoms with Gasteiger partial charge in [0.1, 0.15) is 0 Å². The highest BCUT2D eigenvalue weighted by Crippen LogP contribution is 2.23. The molecule has 0 atom stereocenters. The third-order valence-corrected chi connectivity index (χ3v) is 5.39.